The van der Waals surface area contributed by atoms with E-state index in [1.54, 1.807) is 4.52 Å². The van der Waals surface area contributed by atoms with Gasteiger partial charge in [0.25, 0.3) is 5.56 Å². The van der Waals surface area contributed by atoms with Gasteiger partial charge in [0.1, 0.15) is 0 Å². The molecule has 0 saturated heterocycles. The first-order valence-electron chi connectivity index (χ1n) is 11.2. The highest BCUT2D eigenvalue weighted by Gasteiger charge is 2.16. The maximum Gasteiger partial charge on any atom is 0.266 e. The van der Waals surface area contributed by atoms with Gasteiger partial charge in [-0.1, -0.05) is 77.1 Å². The highest BCUT2D eigenvalue weighted by atomic mass is 16.1. The zero-order valence-electron chi connectivity index (χ0n) is 18.4. The number of hydrogen-bond donors (Lipinski definition) is 2. The number of nitrogens with one attached hydrogen (secondary N) is 2. The molecule has 6 heteroatoms. The third-order valence-electron chi connectivity index (χ3n) is 6.16. The second-order valence-corrected chi connectivity index (χ2v) is 9.59. The lowest BCUT2D eigenvalue weighted by molar-refractivity contribution is 0.335. The van der Waals surface area contributed by atoms with Crippen molar-refractivity contribution in [1.29, 1.82) is 0 Å². The number of H-pyrrole nitrogens is 1. The van der Waals surface area contributed by atoms with E-state index in [9.17, 15) is 4.79 Å². The molecule has 2 N–H and O–H groups in total. The van der Waals surface area contributed by atoms with Gasteiger partial charge in [-0.15, -0.1) is 0 Å². The molecule has 0 amide bonds. The Labute approximate surface area is 178 Å². The first kappa shape index (κ1) is 20.6. The minimum Gasteiger partial charge on any atom is -0.354 e. The van der Waals surface area contributed by atoms with Crippen molar-refractivity contribution in [2.45, 2.75) is 71.1 Å². The molecule has 3 aromatic rings. The van der Waals surface area contributed by atoms with Crippen LogP contribution in [0.3, 0.4) is 0 Å². The smallest absolute Gasteiger partial charge is 0.266 e. The Balaban J connectivity index is 1.52. The van der Waals surface area contributed by atoms with Crippen molar-refractivity contribution in [2.24, 2.45) is 5.92 Å². The van der Waals surface area contributed by atoms with Crippen LogP contribution in [0.5, 0.6) is 0 Å². The average molecular weight is 408 g/mol. The summed E-state index contributed by atoms with van der Waals surface area (Å²) in [7, 11) is 0. The van der Waals surface area contributed by atoms with Gasteiger partial charge < -0.3 is 5.32 Å². The summed E-state index contributed by atoms with van der Waals surface area (Å²) >= 11 is 0. The Morgan fingerprint density at radius 1 is 1.10 bits per heavy atom. The summed E-state index contributed by atoms with van der Waals surface area (Å²) in [6.07, 6.45) is 9.27. The van der Waals surface area contributed by atoms with Gasteiger partial charge in [-0.25, -0.2) is 9.50 Å². The van der Waals surface area contributed by atoms with Crippen molar-refractivity contribution in [3.63, 3.8) is 0 Å². The zero-order valence-corrected chi connectivity index (χ0v) is 18.4. The lowest BCUT2D eigenvalue weighted by Crippen LogP contribution is -2.14. The Morgan fingerprint density at radius 2 is 1.83 bits per heavy atom. The molecule has 0 aliphatic heterocycles. The molecule has 30 heavy (non-hydrogen) atoms. The molecule has 6 nitrogen and oxygen atoms in total. The van der Waals surface area contributed by atoms with Gasteiger partial charge >= 0.3 is 0 Å². The number of hydrogen-bond acceptors (Lipinski definition) is 4. The number of anilines is 1. The third-order valence-corrected chi connectivity index (χ3v) is 6.16. The zero-order chi connectivity index (χ0) is 21.1. The molecule has 0 radical (unpaired) electrons. The predicted octanol–water partition coefficient (Wildman–Crippen LogP) is 5.15. The van der Waals surface area contributed by atoms with Crippen LogP contribution in [-0.4, -0.2) is 26.1 Å². The maximum absolute atomic E-state index is 11.9. The Hall–Kier alpha value is -2.63. The van der Waals surface area contributed by atoms with Gasteiger partial charge in [0.2, 0.25) is 5.95 Å². The second-order valence-electron chi connectivity index (χ2n) is 9.59. The molecule has 1 fully saturated rings. The monoisotopic (exact) mass is 407 g/mol. The van der Waals surface area contributed by atoms with Crippen molar-refractivity contribution in [1.82, 2.24) is 19.6 Å². The first-order valence-corrected chi connectivity index (χ1v) is 11.2. The number of nitrogens with zero attached hydrogens (tertiary/aromatic N) is 3. The van der Waals surface area contributed by atoms with E-state index in [0.717, 1.165) is 24.4 Å². The van der Waals surface area contributed by atoms with E-state index in [4.69, 9.17) is 4.98 Å². The maximum atomic E-state index is 11.9. The first-order chi connectivity index (χ1) is 14.4. The third kappa shape index (κ3) is 4.74. The molecule has 0 atom stereocenters. The molecule has 1 aromatic carbocycles. The van der Waals surface area contributed by atoms with Crippen molar-refractivity contribution < 1.29 is 0 Å². The normalized spacial score (nSPS) is 15.6. The van der Waals surface area contributed by atoms with E-state index in [0.29, 0.717) is 17.4 Å². The van der Waals surface area contributed by atoms with Gasteiger partial charge in [0, 0.05) is 18.2 Å². The van der Waals surface area contributed by atoms with E-state index >= 15 is 0 Å². The topological polar surface area (TPSA) is 75.1 Å². The summed E-state index contributed by atoms with van der Waals surface area (Å²) in [5.41, 5.74) is 2.73. The molecular weight excluding hydrogens is 374 g/mol. The van der Waals surface area contributed by atoms with Crippen molar-refractivity contribution in [2.75, 3.05) is 11.9 Å². The van der Waals surface area contributed by atoms with Crippen LogP contribution in [0.4, 0.5) is 5.95 Å². The van der Waals surface area contributed by atoms with E-state index in [1.165, 1.54) is 50.2 Å². The quantitative estimate of drug-likeness (QED) is 0.554. The largest absolute Gasteiger partial charge is 0.354 e. The standard InChI is InChI=1S/C24H33N5O/c1-24(2,3)19-13-11-18(12-14-19)22-26-20-16-21(30)28-29(20)23(27-22)25-15-7-10-17-8-5-4-6-9-17/h11-14,16-17H,4-10,15H2,1-3H3,(H,28,30)(H,25,26,27). The summed E-state index contributed by atoms with van der Waals surface area (Å²) in [4.78, 5) is 21.2. The molecule has 1 aliphatic carbocycles. The van der Waals surface area contributed by atoms with Crippen LogP contribution in [0.25, 0.3) is 17.0 Å². The van der Waals surface area contributed by atoms with Crippen LogP contribution in [-0.2, 0) is 5.41 Å². The van der Waals surface area contributed by atoms with Gasteiger partial charge in [0.15, 0.2) is 11.5 Å². The lowest BCUT2D eigenvalue weighted by Gasteiger charge is -2.21. The fourth-order valence-corrected chi connectivity index (χ4v) is 4.34. The summed E-state index contributed by atoms with van der Waals surface area (Å²) in [6, 6.07) is 9.89. The molecule has 0 bridgehead atoms. The van der Waals surface area contributed by atoms with Gasteiger partial charge in [-0.2, -0.15) is 4.98 Å². The van der Waals surface area contributed by atoms with E-state index in [2.05, 4.69) is 60.4 Å². The summed E-state index contributed by atoms with van der Waals surface area (Å²) in [5, 5.41) is 6.23. The van der Waals surface area contributed by atoms with Crippen molar-refractivity contribution in [3.05, 3.63) is 46.2 Å². The Morgan fingerprint density at radius 3 is 2.53 bits per heavy atom. The minimum atomic E-state index is -0.171. The van der Waals surface area contributed by atoms with Crippen molar-refractivity contribution in [3.8, 4) is 11.4 Å². The van der Waals surface area contributed by atoms with Crippen LogP contribution in [0, 0.1) is 5.92 Å². The van der Waals surface area contributed by atoms with E-state index < -0.39 is 0 Å². The number of aromatic amines is 1. The summed E-state index contributed by atoms with van der Waals surface area (Å²) in [5.74, 6) is 2.14. The summed E-state index contributed by atoms with van der Waals surface area (Å²) < 4.78 is 1.65. The molecule has 2 aromatic heterocycles. The number of aromatic nitrogens is 4. The van der Waals surface area contributed by atoms with Crippen LogP contribution in [0.2, 0.25) is 0 Å². The molecular formula is C24H33N5O. The van der Waals surface area contributed by atoms with E-state index in [-0.39, 0.29) is 11.0 Å². The average Bonchev–Trinajstić information content (AvgIpc) is 3.11. The fourth-order valence-electron chi connectivity index (χ4n) is 4.34. The molecule has 0 unspecified atom stereocenters. The minimum absolute atomic E-state index is 0.0995. The highest BCUT2D eigenvalue weighted by Crippen LogP contribution is 2.28. The van der Waals surface area contributed by atoms with E-state index in [1.807, 2.05) is 0 Å². The van der Waals surface area contributed by atoms with Crippen LogP contribution in [0.1, 0.15) is 71.3 Å². The number of fused-ring (bicyclic) bond motifs is 1. The SMILES string of the molecule is CC(C)(C)c1ccc(-c2nc(NCCCC3CCCCC3)n3[nH]c(=O)cc3n2)cc1. The molecule has 2 heterocycles. The molecule has 0 spiro atoms. The Kier molecular flexibility index (Phi) is 5.93. The van der Waals surface area contributed by atoms with Gasteiger partial charge in [-0.3, -0.25) is 9.89 Å². The lowest BCUT2D eigenvalue weighted by atomic mass is 9.86. The number of benzene rings is 1. The molecule has 1 aliphatic rings. The van der Waals surface area contributed by atoms with Crippen LogP contribution < -0.4 is 10.9 Å². The number of rotatable bonds is 6. The molecule has 4 rings (SSSR count). The Bertz CT molecular complexity index is 1040. The fraction of sp³-hybridized carbons (Fsp3) is 0.542. The summed E-state index contributed by atoms with van der Waals surface area (Å²) in [6.45, 7) is 7.44. The van der Waals surface area contributed by atoms with Crippen molar-refractivity contribution >= 4 is 11.6 Å². The van der Waals surface area contributed by atoms with Crippen LogP contribution in [0.15, 0.2) is 35.1 Å². The van der Waals surface area contributed by atoms with Crippen LogP contribution >= 0.6 is 0 Å². The van der Waals surface area contributed by atoms with Gasteiger partial charge in [-0.05, 0) is 29.7 Å². The highest BCUT2D eigenvalue weighted by molar-refractivity contribution is 5.60. The molecule has 1 saturated carbocycles. The second kappa shape index (κ2) is 8.62. The molecule has 160 valence electrons. The predicted molar refractivity (Wildman–Crippen MR) is 122 cm³/mol. The van der Waals surface area contributed by atoms with Gasteiger partial charge in [0.05, 0.1) is 0 Å².